The van der Waals surface area contributed by atoms with Crippen LogP contribution in [0.5, 0.6) is 0 Å². The molecule has 0 saturated carbocycles. The molecule has 0 heterocycles. The van der Waals surface area contributed by atoms with Crippen LogP contribution >= 0.6 is 0 Å². The molecular formula is C21H26FNO. The minimum atomic E-state index is -0.395. The predicted molar refractivity (Wildman–Crippen MR) is 97.1 cm³/mol. The normalized spacial score (nSPS) is 12.3. The average molecular weight is 327 g/mol. The summed E-state index contributed by atoms with van der Waals surface area (Å²) in [6, 6.07) is 15.0. The molecule has 1 unspecified atom stereocenters. The Morgan fingerprint density at radius 2 is 1.58 bits per heavy atom. The van der Waals surface area contributed by atoms with Crippen molar-refractivity contribution in [2.75, 3.05) is 6.54 Å². The lowest BCUT2D eigenvalue weighted by Crippen LogP contribution is -2.31. The van der Waals surface area contributed by atoms with Crippen LogP contribution in [0.2, 0.25) is 0 Å². The van der Waals surface area contributed by atoms with Gasteiger partial charge in [0, 0.05) is 19.6 Å². The lowest BCUT2D eigenvalue weighted by atomic mass is 10.1. The van der Waals surface area contributed by atoms with Crippen LogP contribution in [0.4, 0.5) is 4.39 Å². The summed E-state index contributed by atoms with van der Waals surface area (Å²) in [5, 5.41) is 10.2. The van der Waals surface area contributed by atoms with Gasteiger partial charge in [-0.25, -0.2) is 4.39 Å². The van der Waals surface area contributed by atoms with Crippen LogP contribution in [0.15, 0.2) is 61.2 Å². The Balaban J connectivity index is 2.05. The van der Waals surface area contributed by atoms with Gasteiger partial charge >= 0.3 is 0 Å². The maximum absolute atomic E-state index is 13.1. The predicted octanol–water partition coefficient (Wildman–Crippen LogP) is 4.46. The third-order valence-corrected chi connectivity index (χ3v) is 4.02. The van der Waals surface area contributed by atoms with Crippen molar-refractivity contribution in [3.05, 3.63) is 83.7 Å². The Labute approximate surface area is 144 Å². The molecule has 0 saturated heterocycles. The molecule has 0 aliphatic heterocycles. The molecule has 0 amide bonds. The van der Waals surface area contributed by atoms with Crippen LogP contribution < -0.4 is 0 Å². The van der Waals surface area contributed by atoms with Gasteiger partial charge in [-0.05, 0) is 43.0 Å². The molecule has 0 spiro atoms. The quantitative estimate of drug-likeness (QED) is 0.687. The summed E-state index contributed by atoms with van der Waals surface area (Å²) >= 11 is 0. The first kappa shape index (κ1) is 18.4. The largest absolute Gasteiger partial charge is 0.392 e. The molecule has 128 valence electrons. The molecule has 2 rings (SSSR count). The van der Waals surface area contributed by atoms with Gasteiger partial charge in [-0.15, -0.1) is 6.58 Å². The Morgan fingerprint density at radius 1 is 1.04 bits per heavy atom. The highest BCUT2D eigenvalue weighted by molar-refractivity contribution is 5.22. The van der Waals surface area contributed by atoms with E-state index >= 15 is 0 Å². The number of aliphatic hydroxyl groups is 1. The van der Waals surface area contributed by atoms with Crippen molar-refractivity contribution in [3.8, 4) is 0 Å². The molecule has 0 bridgehead atoms. The molecule has 3 heteroatoms. The highest BCUT2D eigenvalue weighted by atomic mass is 19.1. The van der Waals surface area contributed by atoms with Crippen molar-refractivity contribution >= 4 is 0 Å². The molecule has 2 aromatic rings. The van der Waals surface area contributed by atoms with Gasteiger partial charge < -0.3 is 5.11 Å². The second-order valence-corrected chi connectivity index (χ2v) is 6.30. The summed E-state index contributed by atoms with van der Waals surface area (Å²) in [7, 11) is 0. The van der Waals surface area contributed by atoms with Crippen molar-refractivity contribution in [2.45, 2.75) is 39.0 Å². The molecule has 0 fully saturated rings. The lowest BCUT2D eigenvalue weighted by molar-refractivity contribution is 0.0984. The fourth-order valence-electron chi connectivity index (χ4n) is 2.68. The van der Waals surface area contributed by atoms with Crippen molar-refractivity contribution in [2.24, 2.45) is 0 Å². The first-order chi connectivity index (χ1) is 11.6. The fourth-order valence-corrected chi connectivity index (χ4v) is 2.68. The molecule has 0 aliphatic carbocycles. The van der Waals surface area contributed by atoms with Crippen LogP contribution in [0, 0.1) is 12.7 Å². The van der Waals surface area contributed by atoms with Crippen LogP contribution in [0.1, 0.15) is 29.5 Å². The molecule has 0 radical (unpaired) electrons. The van der Waals surface area contributed by atoms with Gasteiger partial charge in [0.2, 0.25) is 0 Å². The maximum atomic E-state index is 13.1. The number of aryl methyl sites for hydroxylation is 1. The van der Waals surface area contributed by atoms with Gasteiger partial charge in [-0.2, -0.15) is 0 Å². The van der Waals surface area contributed by atoms with Crippen molar-refractivity contribution < 1.29 is 9.50 Å². The fraction of sp³-hybridized carbons (Fsp3) is 0.333. The second kappa shape index (κ2) is 9.36. The van der Waals surface area contributed by atoms with E-state index in [1.165, 1.54) is 23.3 Å². The molecular weight excluding hydrogens is 301 g/mol. The highest BCUT2D eigenvalue weighted by Gasteiger charge is 2.13. The Morgan fingerprint density at radius 3 is 2.12 bits per heavy atom. The Bertz CT molecular complexity index is 574. The topological polar surface area (TPSA) is 23.5 Å². The molecule has 2 nitrogen and oxygen atoms in total. The standard InChI is InChI=1S/C21H26FNO/c1-3-4-5-21(24)16-23(14-18-8-6-17(2)7-9-18)15-19-10-12-20(22)13-11-19/h3,6-13,21,24H,1,4-5,14-16H2,2H3. The van der Waals surface area contributed by atoms with Gasteiger partial charge in [0.25, 0.3) is 0 Å². The van der Waals surface area contributed by atoms with E-state index in [2.05, 4.69) is 42.7 Å². The van der Waals surface area contributed by atoms with Gasteiger partial charge in [-0.3, -0.25) is 4.90 Å². The van der Waals surface area contributed by atoms with Crippen molar-refractivity contribution in [3.63, 3.8) is 0 Å². The van der Waals surface area contributed by atoms with Gasteiger partial charge in [0.05, 0.1) is 6.10 Å². The molecule has 1 atom stereocenters. The zero-order valence-electron chi connectivity index (χ0n) is 14.3. The number of allylic oxidation sites excluding steroid dienone is 1. The number of aliphatic hydroxyl groups excluding tert-OH is 1. The summed E-state index contributed by atoms with van der Waals surface area (Å²) < 4.78 is 13.1. The van der Waals surface area contributed by atoms with E-state index in [1.54, 1.807) is 12.1 Å². The van der Waals surface area contributed by atoms with Gasteiger partial charge in [0.15, 0.2) is 0 Å². The number of hydrogen-bond acceptors (Lipinski definition) is 2. The minimum Gasteiger partial charge on any atom is -0.392 e. The number of rotatable bonds is 9. The lowest BCUT2D eigenvalue weighted by Gasteiger charge is -2.25. The maximum Gasteiger partial charge on any atom is 0.123 e. The van der Waals surface area contributed by atoms with Gasteiger partial charge in [-0.1, -0.05) is 48.0 Å². The summed E-state index contributed by atoms with van der Waals surface area (Å²) in [5.41, 5.74) is 3.48. The summed E-state index contributed by atoms with van der Waals surface area (Å²) in [6.45, 7) is 7.79. The van der Waals surface area contributed by atoms with E-state index < -0.39 is 6.10 Å². The summed E-state index contributed by atoms with van der Waals surface area (Å²) in [5.74, 6) is -0.227. The van der Waals surface area contributed by atoms with Crippen LogP contribution in [0.25, 0.3) is 0 Å². The highest BCUT2D eigenvalue weighted by Crippen LogP contribution is 2.13. The first-order valence-electron chi connectivity index (χ1n) is 8.38. The molecule has 0 aromatic heterocycles. The van der Waals surface area contributed by atoms with E-state index in [0.717, 1.165) is 18.5 Å². The minimum absolute atomic E-state index is 0.227. The monoisotopic (exact) mass is 327 g/mol. The Hall–Kier alpha value is -1.97. The Kier molecular flexibility index (Phi) is 7.16. The summed E-state index contributed by atoms with van der Waals surface area (Å²) in [6.07, 6.45) is 2.94. The van der Waals surface area contributed by atoms with Gasteiger partial charge in [0.1, 0.15) is 5.82 Å². The zero-order valence-corrected chi connectivity index (χ0v) is 14.3. The van der Waals surface area contributed by atoms with Crippen molar-refractivity contribution in [1.29, 1.82) is 0 Å². The third-order valence-electron chi connectivity index (χ3n) is 4.02. The van der Waals surface area contributed by atoms with Crippen LogP contribution in [0.3, 0.4) is 0 Å². The first-order valence-corrected chi connectivity index (χ1v) is 8.38. The number of halogens is 1. The molecule has 24 heavy (non-hydrogen) atoms. The SMILES string of the molecule is C=CCCC(O)CN(Cc1ccc(C)cc1)Cc1ccc(F)cc1. The smallest absolute Gasteiger partial charge is 0.123 e. The molecule has 2 aromatic carbocycles. The zero-order chi connectivity index (χ0) is 17.4. The van der Waals surface area contributed by atoms with Crippen LogP contribution in [-0.2, 0) is 13.1 Å². The van der Waals surface area contributed by atoms with E-state index in [0.29, 0.717) is 19.5 Å². The van der Waals surface area contributed by atoms with E-state index in [9.17, 15) is 9.50 Å². The van der Waals surface area contributed by atoms with Crippen molar-refractivity contribution in [1.82, 2.24) is 4.90 Å². The summed E-state index contributed by atoms with van der Waals surface area (Å²) in [4.78, 5) is 2.20. The van der Waals surface area contributed by atoms with E-state index in [4.69, 9.17) is 0 Å². The van der Waals surface area contributed by atoms with E-state index in [-0.39, 0.29) is 5.82 Å². The third kappa shape index (κ3) is 6.26. The second-order valence-electron chi connectivity index (χ2n) is 6.30. The molecule has 0 aliphatic rings. The van der Waals surface area contributed by atoms with Crippen LogP contribution in [-0.4, -0.2) is 22.7 Å². The number of benzene rings is 2. The number of hydrogen-bond donors (Lipinski definition) is 1. The van der Waals surface area contributed by atoms with E-state index in [1.807, 2.05) is 6.08 Å². The average Bonchev–Trinajstić information content (AvgIpc) is 2.57. The molecule has 1 N–H and O–H groups in total. The number of nitrogens with zero attached hydrogens (tertiary/aromatic N) is 1.